The summed E-state index contributed by atoms with van der Waals surface area (Å²) in [6.07, 6.45) is 1.61. The number of carbonyl (C=O) groups excluding carboxylic acids is 2. The van der Waals surface area contributed by atoms with E-state index in [9.17, 15) is 14.4 Å². The van der Waals surface area contributed by atoms with E-state index in [1.165, 1.54) is 11.1 Å². The highest BCUT2D eigenvalue weighted by molar-refractivity contribution is 5.82. The Morgan fingerprint density at radius 3 is 2.21 bits per heavy atom. The minimum absolute atomic E-state index is 0.0239. The van der Waals surface area contributed by atoms with Crippen molar-refractivity contribution in [2.24, 2.45) is 11.8 Å². The highest BCUT2D eigenvalue weighted by Crippen LogP contribution is 2.44. The van der Waals surface area contributed by atoms with Crippen LogP contribution in [0.4, 0.5) is 4.79 Å². The van der Waals surface area contributed by atoms with Crippen molar-refractivity contribution in [3.05, 3.63) is 59.7 Å². The fourth-order valence-electron chi connectivity index (χ4n) is 4.91. The molecule has 2 aliphatic rings. The van der Waals surface area contributed by atoms with E-state index in [0.29, 0.717) is 12.8 Å². The summed E-state index contributed by atoms with van der Waals surface area (Å²) in [5.74, 6) is -2.29. The largest absolute Gasteiger partial charge is 0.481 e. The molecule has 3 N–H and O–H groups in total. The van der Waals surface area contributed by atoms with Crippen LogP contribution < -0.4 is 10.6 Å². The maximum absolute atomic E-state index is 12.7. The number of hydrogen-bond acceptors (Lipinski definition) is 4. The van der Waals surface area contributed by atoms with Crippen molar-refractivity contribution in [3.63, 3.8) is 0 Å². The van der Waals surface area contributed by atoms with E-state index in [1.54, 1.807) is 13.8 Å². The van der Waals surface area contributed by atoms with Crippen molar-refractivity contribution in [1.29, 1.82) is 0 Å². The molecule has 0 aromatic heterocycles. The van der Waals surface area contributed by atoms with Gasteiger partial charge in [-0.25, -0.2) is 4.79 Å². The fourth-order valence-corrected chi connectivity index (χ4v) is 4.91. The lowest BCUT2D eigenvalue weighted by Gasteiger charge is -2.24. The molecule has 4 rings (SSSR count). The lowest BCUT2D eigenvalue weighted by molar-refractivity contribution is -0.142. The highest BCUT2D eigenvalue weighted by Gasteiger charge is 2.36. The van der Waals surface area contributed by atoms with Crippen molar-refractivity contribution in [1.82, 2.24) is 10.6 Å². The number of carboxylic acids is 1. The number of hydrogen-bond donors (Lipinski definition) is 3. The molecule has 0 heterocycles. The predicted molar refractivity (Wildman–Crippen MR) is 124 cm³/mol. The molecular formula is C26H30N2O5. The number of carboxylic acid groups (broad SMARTS) is 1. The Morgan fingerprint density at radius 2 is 1.61 bits per heavy atom. The molecule has 4 unspecified atom stereocenters. The Labute approximate surface area is 193 Å². The molecule has 4 atom stereocenters. The van der Waals surface area contributed by atoms with E-state index in [4.69, 9.17) is 9.84 Å². The second-order valence-corrected chi connectivity index (χ2v) is 9.04. The summed E-state index contributed by atoms with van der Waals surface area (Å²) in [7, 11) is 0. The van der Waals surface area contributed by atoms with Crippen molar-refractivity contribution in [2.75, 3.05) is 6.61 Å². The third-order valence-corrected chi connectivity index (χ3v) is 7.01. The van der Waals surface area contributed by atoms with Gasteiger partial charge in [0.2, 0.25) is 5.91 Å². The molecule has 0 aliphatic heterocycles. The maximum atomic E-state index is 12.7. The Balaban J connectivity index is 1.35. The SMILES string of the molecule is CC(NC(=O)C1CCCC1NC(=O)OCC1c2ccccc2-c2ccccc21)C(C)C(=O)O. The minimum Gasteiger partial charge on any atom is -0.481 e. The molecule has 0 radical (unpaired) electrons. The first kappa shape index (κ1) is 22.8. The van der Waals surface area contributed by atoms with Crippen molar-refractivity contribution >= 4 is 18.0 Å². The van der Waals surface area contributed by atoms with Gasteiger partial charge < -0.3 is 20.5 Å². The molecule has 1 fully saturated rings. The summed E-state index contributed by atoms with van der Waals surface area (Å²) in [6, 6.07) is 15.5. The number of alkyl carbamates (subject to hydrolysis) is 1. The third-order valence-electron chi connectivity index (χ3n) is 7.01. The molecule has 0 bridgehead atoms. The molecular weight excluding hydrogens is 420 g/mol. The van der Waals surface area contributed by atoms with Gasteiger partial charge in [0.05, 0.1) is 11.8 Å². The first-order valence-electron chi connectivity index (χ1n) is 11.5. The zero-order chi connectivity index (χ0) is 23.5. The molecule has 2 aliphatic carbocycles. The smallest absolute Gasteiger partial charge is 0.407 e. The summed E-state index contributed by atoms with van der Waals surface area (Å²) in [6.45, 7) is 3.46. The normalized spacial score (nSPS) is 20.9. The average Bonchev–Trinajstić information content (AvgIpc) is 3.39. The van der Waals surface area contributed by atoms with Gasteiger partial charge in [-0.05, 0) is 48.9 Å². The molecule has 0 spiro atoms. The van der Waals surface area contributed by atoms with Gasteiger partial charge in [0.15, 0.2) is 0 Å². The number of rotatable bonds is 7. The van der Waals surface area contributed by atoms with Crippen LogP contribution >= 0.6 is 0 Å². The first-order valence-corrected chi connectivity index (χ1v) is 11.5. The van der Waals surface area contributed by atoms with Crippen LogP contribution in [-0.4, -0.2) is 41.8 Å². The maximum Gasteiger partial charge on any atom is 0.407 e. The molecule has 2 aromatic carbocycles. The lowest BCUT2D eigenvalue weighted by Crippen LogP contribution is -2.48. The van der Waals surface area contributed by atoms with Gasteiger partial charge >= 0.3 is 12.1 Å². The van der Waals surface area contributed by atoms with Crippen LogP contribution in [0.25, 0.3) is 11.1 Å². The van der Waals surface area contributed by atoms with E-state index in [1.807, 2.05) is 24.3 Å². The van der Waals surface area contributed by atoms with E-state index in [2.05, 4.69) is 34.9 Å². The summed E-state index contributed by atoms with van der Waals surface area (Å²) in [4.78, 5) is 36.5. The monoisotopic (exact) mass is 450 g/mol. The minimum atomic E-state index is -0.956. The van der Waals surface area contributed by atoms with Gasteiger partial charge in [-0.3, -0.25) is 9.59 Å². The Bertz CT molecular complexity index is 1010. The van der Waals surface area contributed by atoms with Gasteiger partial charge in [-0.15, -0.1) is 0 Å². The van der Waals surface area contributed by atoms with Crippen LogP contribution in [0, 0.1) is 11.8 Å². The topological polar surface area (TPSA) is 105 Å². The molecule has 0 saturated heterocycles. The number of aliphatic carboxylic acids is 1. The molecule has 7 heteroatoms. The second kappa shape index (κ2) is 9.65. The third kappa shape index (κ3) is 4.72. The zero-order valence-electron chi connectivity index (χ0n) is 18.9. The summed E-state index contributed by atoms with van der Waals surface area (Å²) in [5, 5.41) is 14.8. The Morgan fingerprint density at radius 1 is 1.00 bits per heavy atom. The lowest BCUT2D eigenvalue weighted by atomic mass is 9.98. The average molecular weight is 451 g/mol. The van der Waals surface area contributed by atoms with Gasteiger partial charge in [0.25, 0.3) is 0 Å². The molecule has 33 heavy (non-hydrogen) atoms. The molecule has 7 nitrogen and oxygen atoms in total. The predicted octanol–water partition coefficient (Wildman–Crippen LogP) is 3.92. The molecule has 174 valence electrons. The summed E-state index contributed by atoms with van der Waals surface area (Å²) < 4.78 is 5.62. The van der Waals surface area contributed by atoms with Crippen molar-refractivity contribution in [3.8, 4) is 11.1 Å². The number of amides is 2. The van der Waals surface area contributed by atoms with Crippen LogP contribution in [-0.2, 0) is 14.3 Å². The summed E-state index contributed by atoms with van der Waals surface area (Å²) >= 11 is 0. The highest BCUT2D eigenvalue weighted by atomic mass is 16.5. The van der Waals surface area contributed by atoms with Crippen LogP contribution in [0.1, 0.15) is 50.2 Å². The standard InChI is InChI=1S/C26H30N2O5/c1-15(25(30)31)16(2)27-24(29)21-12-7-13-23(21)28-26(32)33-14-22-19-10-5-3-8-17(19)18-9-4-6-11-20(18)22/h3-6,8-11,15-16,21-23H,7,12-14H2,1-2H3,(H,27,29)(H,28,32)(H,30,31). The van der Waals surface area contributed by atoms with Crippen molar-refractivity contribution < 1.29 is 24.2 Å². The van der Waals surface area contributed by atoms with Crippen LogP contribution in [0.15, 0.2) is 48.5 Å². The van der Waals surface area contributed by atoms with Crippen LogP contribution in [0.3, 0.4) is 0 Å². The molecule has 1 saturated carbocycles. The van der Waals surface area contributed by atoms with Crippen LogP contribution in [0.2, 0.25) is 0 Å². The second-order valence-electron chi connectivity index (χ2n) is 9.04. The summed E-state index contributed by atoms with van der Waals surface area (Å²) in [5.41, 5.74) is 4.62. The Hall–Kier alpha value is -3.35. The van der Waals surface area contributed by atoms with Crippen LogP contribution in [0.5, 0.6) is 0 Å². The molecule has 2 amide bonds. The van der Waals surface area contributed by atoms with Gasteiger partial charge in [0.1, 0.15) is 6.61 Å². The molecule has 2 aromatic rings. The number of nitrogens with one attached hydrogen (secondary N) is 2. The van der Waals surface area contributed by atoms with E-state index in [0.717, 1.165) is 17.5 Å². The number of fused-ring (bicyclic) bond motifs is 3. The zero-order valence-corrected chi connectivity index (χ0v) is 18.9. The van der Waals surface area contributed by atoms with E-state index < -0.39 is 29.9 Å². The van der Waals surface area contributed by atoms with E-state index >= 15 is 0 Å². The Kier molecular flexibility index (Phi) is 6.67. The quantitative estimate of drug-likeness (QED) is 0.593. The number of carbonyl (C=O) groups is 3. The number of ether oxygens (including phenoxy) is 1. The van der Waals surface area contributed by atoms with Gasteiger partial charge in [-0.1, -0.05) is 55.0 Å². The number of benzene rings is 2. The first-order chi connectivity index (χ1) is 15.9. The van der Waals surface area contributed by atoms with Crippen molar-refractivity contribution in [2.45, 2.75) is 51.1 Å². The van der Waals surface area contributed by atoms with E-state index in [-0.39, 0.29) is 24.5 Å². The fraction of sp³-hybridized carbons (Fsp3) is 0.423. The van der Waals surface area contributed by atoms with Gasteiger partial charge in [0, 0.05) is 18.0 Å². The van der Waals surface area contributed by atoms with Gasteiger partial charge in [-0.2, -0.15) is 0 Å².